The third-order valence-electron chi connectivity index (χ3n) is 3.90. The zero-order valence-electron chi connectivity index (χ0n) is 11.6. The first kappa shape index (κ1) is 14.7. The number of likely N-dealkylation sites (N-methyl/N-ethyl adjacent to an activating group) is 1. The van der Waals surface area contributed by atoms with Crippen molar-refractivity contribution in [2.24, 2.45) is 0 Å². The van der Waals surface area contributed by atoms with Gasteiger partial charge < -0.3 is 15.1 Å². The molecule has 1 aromatic rings. The minimum absolute atomic E-state index is 0.00806. The van der Waals surface area contributed by atoms with E-state index in [0.717, 1.165) is 25.7 Å². The van der Waals surface area contributed by atoms with Crippen LogP contribution in [-0.4, -0.2) is 34.3 Å². The molecule has 6 heteroatoms. The molecule has 1 aliphatic rings. The predicted molar refractivity (Wildman–Crippen MR) is 75.7 cm³/mol. The van der Waals surface area contributed by atoms with Gasteiger partial charge in [-0.1, -0.05) is 12.8 Å². The van der Waals surface area contributed by atoms with Crippen LogP contribution in [0.1, 0.15) is 31.2 Å². The number of anilines is 1. The van der Waals surface area contributed by atoms with Crippen LogP contribution in [0.2, 0.25) is 0 Å². The Balaban J connectivity index is 2.27. The fourth-order valence-electron chi connectivity index (χ4n) is 2.85. The van der Waals surface area contributed by atoms with E-state index < -0.39 is 10.5 Å². The van der Waals surface area contributed by atoms with Crippen molar-refractivity contribution in [1.82, 2.24) is 0 Å². The Bertz CT molecular complexity index is 498. The molecule has 2 rings (SSSR count). The van der Waals surface area contributed by atoms with Crippen LogP contribution in [-0.2, 0) is 6.61 Å². The van der Waals surface area contributed by atoms with Crippen molar-refractivity contribution < 1.29 is 15.1 Å². The molecule has 20 heavy (non-hydrogen) atoms. The van der Waals surface area contributed by atoms with Crippen molar-refractivity contribution in [2.75, 3.05) is 18.5 Å². The summed E-state index contributed by atoms with van der Waals surface area (Å²) < 4.78 is 0. The molecule has 0 saturated heterocycles. The van der Waals surface area contributed by atoms with Gasteiger partial charge in [0, 0.05) is 19.7 Å². The number of benzene rings is 1. The molecule has 0 radical (unpaired) electrons. The number of nitro benzene ring substituents is 1. The van der Waals surface area contributed by atoms with Crippen molar-refractivity contribution in [2.45, 2.75) is 37.9 Å². The number of aliphatic hydroxyl groups excluding tert-OH is 1. The van der Waals surface area contributed by atoms with Gasteiger partial charge in [-0.3, -0.25) is 10.1 Å². The SMILES string of the molecule is CN(CC1(O)CCCC1)c1cc(CO)ccc1[N+](=O)[O-]. The lowest BCUT2D eigenvalue weighted by atomic mass is 10.0. The first-order valence-corrected chi connectivity index (χ1v) is 6.77. The molecule has 0 aromatic heterocycles. The normalized spacial score (nSPS) is 17.1. The van der Waals surface area contributed by atoms with E-state index in [1.165, 1.54) is 6.07 Å². The van der Waals surface area contributed by atoms with Gasteiger partial charge in [-0.25, -0.2) is 0 Å². The molecule has 0 unspecified atom stereocenters. The number of hydrogen-bond donors (Lipinski definition) is 2. The standard InChI is InChI=1S/C14H20N2O4/c1-15(10-14(18)6-2-3-7-14)13-8-11(9-17)4-5-12(13)16(19)20/h4-5,8,17-18H,2-3,6-7,9-10H2,1H3. The Labute approximate surface area is 117 Å². The maximum atomic E-state index is 11.1. The van der Waals surface area contributed by atoms with E-state index in [1.54, 1.807) is 24.1 Å². The van der Waals surface area contributed by atoms with Crippen molar-refractivity contribution in [3.8, 4) is 0 Å². The molecule has 0 heterocycles. The second-order valence-electron chi connectivity index (χ2n) is 5.53. The first-order chi connectivity index (χ1) is 9.45. The predicted octanol–water partition coefficient (Wildman–Crippen LogP) is 1.83. The molecule has 0 bridgehead atoms. The smallest absolute Gasteiger partial charge is 0.292 e. The molecule has 0 spiro atoms. The van der Waals surface area contributed by atoms with Crippen LogP contribution in [0.5, 0.6) is 0 Å². The molecule has 110 valence electrons. The lowest BCUT2D eigenvalue weighted by Gasteiger charge is -2.30. The Hall–Kier alpha value is -1.66. The molecular weight excluding hydrogens is 260 g/mol. The highest BCUT2D eigenvalue weighted by molar-refractivity contribution is 5.64. The second kappa shape index (κ2) is 5.76. The number of aliphatic hydroxyl groups is 2. The second-order valence-corrected chi connectivity index (χ2v) is 5.53. The van der Waals surface area contributed by atoms with Crippen LogP contribution in [0.25, 0.3) is 0 Å². The van der Waals surface area contributed by atoms with Crippen molar-refractivity contribution in [1.29, 1.82) is 0 Å². The van der Waals surface area contributed by atoms with E-state index >= 15 is 0 Å². The summed E-state index contributed by atoms with van der Waals surface area (Å²) in [5, 5.41) is 30.7. The highest BCUT2D eigenvalue weighted by Crippen LogP contribution is 2.34. The number of rotatable bonds is 5. The van der Waals surface area contributed by atoms with E-state index in [0.29, 0.717) is 17.8 Å². The Kier molecular flexibility index (Phi) is 4.25. The molecule has 6 nitrogen and oxygen atoms in total. The quantitative estimate of drug-likeness (QED) is 0.634. The molecule has 0 aliphatic heterocycles. The van der Waals surface area contributed by atoms with Gasteiger partial charge in [0.1, 0.15) is 5.69 Å². The molecule has 0 amide bonds. The Morgan fingerprint density at radius 1 is 1.40 bits per heavy atom. The van der Waals surface area contributed by atoms with Gasteiger partial charge in [0.05, 0.1) is 17.1 Å². The average Bonchev–Trinajstić information content (AvgIpc) is 2.84. The van der Waals surface area contributed by atoms with Gasteiger partial charge in [0.2, 0.25) is 0 Å². The maximum absolute atomic E-state index is 11.1. The van der Waals surface area contributed by atoms with Gasteiger partial charge in [-0.15, -0.1) is 0 Å². The number of nitrogens with zero attached hydrogens (tertiary/aromatic N) is 2. The number of hydrogen-bond acceptors (Lipinski definition) is 5. The molecule has 1 aromatic carbocycles. The van der Waals surface area contributed by atoms with Crippen LogP contribution >= 0.6 is 0 Å². The van der Waals surface area contributed by atoms with E-state index in [1.807, 2.05) is 0 Å². The largest absolute Gasteiger partial charge is 0.392 e. The summed E-state index contributed by atoms with van der Waals surface area (Å²) in [5.74, 6) is 0. The average molecular weight is 280 g/mol. The van der Waals surface area contributed by atoms with Crippen molar-refractivity contribution in [3.63, 3.8) is 0 Å². The summed E-state index contributed by atoms with van der Waals surface area (Å²) in [6.07, 6.45) is 3.43. The van der Waals surface area contributed by atoms with E-state index in [4.69, 9.17) is 0 Å². The lowest BCUT2D eigenvalue weighted by molar-refractivity contribution is -0.384. The molecule has 0 atom stereocenters. The summed E-state index contributed by atoms with van der Waals surface area (Å²) in [6.45, 7) is 0.200. The highest BCUT2D eigenvalue weighted by Gasteiger charge is 2.33. The van der Waals surface area contributed by atoms with Crippen LogP contribution in [0.15, 0.2) is 18.2 Å². The topological polar surface area (TPSA) is 86.8 Å². The number of nitro groups is 1. The monoisotopic (exact) mass is 280 g/mol. The molecule has 1 fully saturated rings. The first-order valence-electron chi connectivity index (χ1n) is 6.77. The summed E-state index contributed by atoms with van der Waals surface area (Å²) >= 11 is 0. The third-order valence-corrected chi connectivity index (χ3v) is 3.90. The van der Waals surface area contributed by atoms with E-state index in [-0.39, 0.29) is 12.3 Å². The van der Waals surface area contributed by atoms with Crippen LogP contribution in [0, 0.1) is 10.1 Å². The van der Waals surface area contributed by atoms with Gasteiger partial charge in [0.25, 0.3) is 5.69 Å². The zero-order chi connectivity index (χ0) is 14.8. The van der Waals surface area contributed by atoms with Gasteiger partial charge in [0.15, 0.2) is 0 Å². The van der Waals surface area contributed by atoms with Crippen LogP contribution in [0.3, 0.4) is 0 Å². The van der Waals surface area contributed by atoms with Crippen LogP contribution < -0.4 is 4.90 Å². The summed E-state index contributed by atoms with van der Waals surface area (Å²) in [7, 11) is 1.74. The zero-order valence-corrected chi connectivity index (χ0v) is 11.6. The summed E-state index contributed by atoms with van der Waals surface area (Å²) in [4.78, 5) is 12.4. The molecular formula is C14H20N2O4. The van der Waals surface area contributed by atoms with Gasteiger partial charge in [-0.2, -0.15) is 0 Å². The Morgan fingerprint density at radius 3 is 2.60 bits per heavy atom. The van der Waals surface area contributed by atoms with E-state index in [2.05, 4.69) is 0 Å². The van der Waals surface area contributed by atoms with Crippen molar-refractivity contribution in [3.05, 3.63) is 33.9 Å². The molecule has 1 aliphatic carbocycles. The third kappa shape index (κ3) is 3.08. The molecule has 1 saturated carbocycles. The Morgan fingerprint density at radius 2 is 2.05 bits per heavy atom. The minimum Gasteiger partial charge on any atom is -0.392 e. The maximum Gasteiger partial charge on any atom is 0.292 e. The fraction of sp³-hybridized carbons (Fsp3) is 0.571. The molecule has 2 N–H and O–H groups in total. The van der Waals surface area contributed by atoms with Crippen molar-refractivity contribution >= 4 is 11.4 Å². The van der Waals surface area contributed by atoms with Crippen LogP contribution in [0.4, 0.5) is 11.4 Å². The van der Waals surface area contributed by atoms with E-state index in [9.17, 15) is 20.3 Å². The summed E-state index contributed by atoms with van der Waals surface area (Å²) in [6, 6.07) is 4.55. The van der Waals surface area contributed by atoms with Gasteiger partial charge >= 0.3 is 0 Å². The highest BCUT2D eigenvalue weighted by atomic mass is 16.6. The minimum atomic E-state index is -0.766. The summed E-state index contributed by atoms with van der Waals surface area (Å²) in [5.41, 5.74) is 0.279. The fourth-order valence-corrected chi connectivity index (χ4v) is 2.85. The van der Waals surface area contributed by atoms with Gasteiger partial charge in [-0.05, 0) is 30.5 Å². The lowest BCUT2D eigenvalue weighted by Crippen LogP contribution is -2.39.